The molecule has 5 nitrogen and oxygen atoms in total. The van der Waals surface area contributed by atoms with Crippen molar-refractivity contribution < 1.29 is 14.3 Å². The summed E-state index contributed by atoms with van der Waals surface area (Å²) in [6, 6.07) is 24.9. The first-order valence-electron chi connectivity index (χ1n) is 10.9. The SMILES string of the molecule is CCOc1cc(/C=C(\C#N)C(=O)NC(C)c2ccccc2)ccc1OCc1ccc(C)cc1. The van der Waals surface area contributed by atoms with Crippen molar-refractivity contribution in [3.63, 3.8) is 0 Å². The predicted octanol–water partition coefficient (Wildman–Crippen LogP) is 5.76. The van der Waals surface area contributed by atoms with E-state index in [1.54, 1.807) is 24.3 Å². The van der Waals surface area contributed by atoms with Crippen LogP contribution in [0.1, 0.15) is 42.1 Å². The summed E-state index contributed by atoms with van der Waals surface area (Å²) in [6.07, 6.45) is 1.55. The fourth-order valence-electron chi connectivity index (χ4n) is 3.26. The normalized spacial score (nSPS) is 11.9. The molecule has 1 atom stereocenters. The molecule has 33 heavy (non-hydrogen) atoms. The summed E-state index contributed by atoms with van der Waals surface area (Å²) in [4.78, 5) is 12.7. The highest BCUT2D eigenvalue weighted by molar-refractivity contribution is 6.01. The molecule has 0 aliphatic rings. The van der Waals surface area contributed by atoms with E-state index in [4.69, 9.17) is 9.47 Å². The highest BCUT2D eigenvalue weighted by atomic mass is 16.5. The van der Waals surface area contributed by atoms with E-state index in [0.29, 0.717) is 30.3 Å². The molecule has 0 saturated carbocycles. The Morgan fingerprint density at radius 3 is 2.42 bits per heavy atom. The van der Waals surface area contributed by atoms with Gasteiger partial charge in [-0.15, -0.1) is 0 Å². The van der Waals surface area contributed by atoms with Crippen molar-refractivity contribution in [2.24, 2.45) is 0 Å². The van der Waals surface area contributed by atoms with Crippen LogP contribution in [-0.2, 0) is 11.4 Å². The maximum Gasteiger partial charge on any atom is 0.262 e. The van der Waals surface area contributed by atoms with Gasteiger partial charge in [-0.2, -0.15) is 5.26 Å². The number of amides is 1. The molecule has 5 heteroatoms. The van der Waals surface area contributed by atoms with Gasteiger partial charge in [-0.25, -0.2) is 0 Å². The number of rotatable bonds is 9. The molecule has 3 aromatic carbocycles. The van der Waals surface area contributed by atoms with Crippen LogP contribution >= 0.6 is 0 Å². The maximum atomic E-state index is 12.7. The van der Waals surface area contributed by atoms with Gasteiger partial charge in [-0.05, 0) is 55.7 Å². The lowest BCUT2D eigenvalue weighted by atomic mass is 10.1. The average molecular weight is 441 g/mol. The van der Waals surface area contributed by atoms with Crippen molar-refractivity contribution in [1.29, 1.82) is 5.26 Å². The van der Waals surface area contributed by atoms with Gasteiger partial charge in [-0.1, -0.05) is 66.2 Å². The van der Waals surface area contributed by atoms with Gasteiger partial charge < -0.3 is 14.8 Å². The number of carbonyl (C=O) groups excluding carboxylic acids is 1. The molecule has 0 aliphatic heterocycles. The minimum absolute atomic E-state index is 0.0218. The fourth-order valence-corrected chi connectivity index (χ4v) is 3.26. The Kier molecular flexibility index (Phi) is 8.26. The van der Waals surface area contributed by atoms with Crippen molar-refractivity contribution in [1.82, 2.24) is 5.32 Å². The highest BCUT2D eigenvalue weighted by Gasteiger charge is 2.14. The summed E-state index contributed by atoms with van der Waals surface area (Å²) in [5.41, 5.74) is 3.92. The molecule has 168 valence electrons. The molecular weight excluding hydrogens is 412 g/mol. The number of benzene rings is 3. The second kappa shape index (κ2) is 11.5. The third-order valence-electron chi connectivity index (χ3n) is 5.11. The molecule has 0 bridgehead atoms. The number of nitrogens with zero attached hydrogens (tertiary/aromatic N) is 1. The van der Waals surface area contributed by atoms with Crippen LogP contribution in [0, 0.1) is 18.3 Å². The van der Waals surface area contributed by atoms with Gasteiger partial charge in [0.1, 0.15) is 18.2 Å². The molecule has 1 unspecified atom stereocenters. The summed E-state index contributed by atoms with van der Waals surface area (Å²) < 4.78 is 11.7. The van der Waals surface area contributed by atoms with Gasteiger partial charge in [0.05, 0.1) is 12.6 Å². The molecule has 0 saturated heterocycles. The number of ether oxygens (including phenoxy) is 2. The van der Waals surface area contributed by atoms with Crippen LogP contribution in [0.3, 0.4) is 0 Å². The summed E-state index contributed by atoms with van der Waals surface area (Å²) in [7, 11) is 0. The van der Waals surface area contributed by atoms with Gasteiger partial charge in [0.25, 0.3) is 5.91 Å². The van der Waals surface area contributed by atoms with Crippen LogP contribution < -0.4 is 14.8 Å². The Balaban J connectivity index is 1.74. The molecule has 3 rings (SSSR count). The monoisotopic (exact) mass is 440 g/mol. The first-order chi connectivity index (χ1) is 16.0. The number of aryl methyl sites for hydroxylation is 1. The number of nitriles is 1. The summed E-state index contributed by atoms with van der Waals surface area (Å²) in [5.74, 6) is 0.746. The standard InChI is InChI=1S/C28H28N2O3/c1-4-32-27-17-23(14-15-26(27)33-19-22-12-10-20(2)11-13-22)16-25(18-29)28(31)30-21(3)24-8-6-5-7-9-24/h5-17,21H,4,19H2,1-3H3,(H,30,31)/b25-16+. The zero-order valence-corrected chi connectivity index (χ0v) is 19.2. The zero-order chi connectivity index (χ0) is 23.6. The molecule has 0 aromatic heterocycles. The van der Waals surface area contributed by atoms with E-state index in [1.807, 2.05) is 81.4 Å². The van der Waals surface area contributed by atoms with E-state index in [2.05, 4.69) is 5.32 Å². The van der Waals surface area contributed by atoms with Crippen molar-refractivity contribution >= 4 is 12.0 Å². The molecule has 0 radical (unpaired) electrons. The number of hydrogen-bond donors (Lipinski definition) is 1. The highest BCUT2D eigenvalue weighted by Crippen LogP contribution is 2.30. The summed E-state index contributed by atoms with van der Waals surface area (Å²) >= 11 is 0. The minimum Gasteiger partial charge on any atom is -0.490 e. The van der Waals surface area contributed by atoms with E-state index in [0.717, 1.165) is 11.1 Å². The second-order valence-electron chi connectivity index (χ2n) is 7.69. The van der Waals surface area contributed by atoms with E-state index < -0.39 is 5.91 Å². The molecule has 1 amide bonds. The minimum atomic E-state index is -0.425. The Morgan fingerprint density at radius 1 is 1.03 bits per heavy atom. The van der Waals surface area contributed by atoms with Crippen LogP contribution in [0.2, 0.25) is 0 Å². The Morgan fingerprint density at radius 2 is 1.76 bits per heavy atom. The quantitative estimate of drug-likeness (QED) is 0.339. The molecule has 0 spiro atoms. The molecule has 0 heterocycles. The van der Waals surface area contributed by atoms with Crippen LogP contribution in [0.25, 0.3) is 6.08 Å². The van der Waals surface area contributed by atoms with Crippen molar-refractivity contribution in [2.75, 3.05) is 6.61 Å². The van der Waals surface area contributed by atoms with Crippen LogP contribution in [0.5, 0.6) is 11.5 Å². The van der Waals surface area contributed by atoms with E-state index in [9.17, 15) is 10.1 Å². The van der Waals surface area contributed by atoms with E-state index >= 15 is 0 Å². The van der Waals surface area contributed by atoms with Crippen LogP contribution in [0.4, 0.5) is 0 Å². The Bertz CT molecular complexity index is 1150. The first-order valence-corrected chi connectivity index (χ1v) is 10.9. The largest absolute Gasteiger partial charge is 0.490 e. The summed E-state index contributed by atoms with van der Waals surface area (Å²) in [5, 5.41) is 12.4. The van der Waals surface area contributed by atoms with E-state index in [1.165, 1.54) is 5.56 Å². The summed E-state index contributed by atoms with van der Waals surface area (Å²) in [6.45, 7) is 6.70. The average Bonchev–Trinajstić information content (AvgIpc) is 2.83. The molecule has 0 fully saturated rings. The van der Waals surface area contributed by atoms with Gasteiger partial charge in [0, 0.05) is 0 Å². The van der Waals surface area contributed by atoms with Crippen molar-refractivity contribution in [3.8, 4) is 17.6 Å². The van der Waals surface area contributed by atoms with Gasteiger partial charge >= 0.3 is 0 Å². The topological polar surface area (TPSA) is 71.3 Å². The maximum absolute atomic E-state index is 12.7. The number of nitrogens with one attached hydrogen (secondary N) is 1. The van der Waals surface area contributed by atoms with Gasteiger partial charge in [-0.3, -0.25) is 4.79 Å². The van der Waals surface area contributed by atoms with Gasteiger partial charge in [0.2, 0.25) is 0 Å². The van der Waals surface area contributed by atoms with Gasteiger partial charge in [0.15, 0.2) is 11.5 Å². The number of carbonyl (C=O) groups is 1. The smallest absolute Gasteiger partial charge is 0.262 e. The molecule has 3 aromatic rings. The Labute approximate surface area is 195 Å². The van der Waals surface area contributed by atoms with E-state index in [-0.39, 0.29) is 11.6 Å². The third-order valence-corrected chi connectivity index (χ3v) is 5.11. The molecule has 1 N–H and O–H groups in total. The lowest BCUT2D eigenvalue weighted by Crippen LogP contribution is -2.27. The Hall–Kier alpha value is -4.04. The number of hydrogen-bond acceptors (Lipinski definition) is 4. The zero-order valence-electron chi connectivity index (χ0n) is 19.2. The third kappa shape index (κ3) is 6.72. The molecule has 0 aliphatic carbocycles. The van der Waals surface area contributed by atoms with Crippen molar-refractivity contribution in [3.05, 3.63) is 101 Å². The van der Waals surface area contributed by atoms with Crippen molar-refractivity contribution in [2.45, 2.75) is 33.4 Å². The second-order valence-corrected chi connectivity index (χ2v) is 7.69. The van der Waals surface area contributed by atoms with Crippen LogP contribution in [-0.4, -0.2) is 12.5 Å². The molecular formula is C28H28N2O3. The predicted molar refractivity (Wildman–Crippen MR) is 130 cm³/mol. The lowest BCUT2D eigenvalue weighted by Gasteiger charge is -2.14. The first kappa shape index (κ1) is 23.6. The lowest BCUT2D eigenvalue weighted by molar-refractivity contribution is -0.117. The van der Waals surface area contributed by atoms with Crippen LogP contribution in [0.15, 0.2) is 78.4 Å². The fraction of sp³-hybridized carbons (Fsp3) is 0.214.